The van der Waals surface area contributed by atoms with Crippen LogP contribution in [0.1, 0.15) is 194 Å². The van der Waals surface area contributed by atoms with Crippen LogP contribution in [0, 0.1) is 0 Å². The van der Waals surface area contributed by atoms with E-state index in [1.807, 2.05) is 338 Å². The van der Waals surface area contributed by atoms with Gasteiger partial charge in [-0.1, -0.05) is 303 Å². The van der Waals surface area contributed by atoms with Crippen molar-refractivity contribution in [3.8, 4) is 0 Å². The van der Waals surface area contributed by atoms with Crippen LogP contribution in [0.5, 0.6) is 0 Å². The van der Waals surface area contributed by atoms with E-state index in [0.717, 1.165) is 55.6 Å². The minimum Gasteiger partial charge on any atom is -0.460 e. The maximum Gasteiger partial charge on any atom is 0.410 e. The third-order valence-corrected chi connectivity index (χ3v) is 25.4. The van der Waals surface area contributed by atoms with Crippen LogP contribution in [0.25, 0.3) is 0 Å². The van der Waals surface area contributed by atoms with Gasteiger partial charge in [-0.3, -0.25) is 52.8 Å². The van der Waals surface area contributed by atoms with Crippen LogP contribution in [0.4, 0.5) is 4.79 Å². The van der Waals surface area contributed by atoms with E-state index in [1.165, 1.54) is 24.5 Å². The Hall–Kier alpha value is -14.0. The fourth-order valence-electron chi connectivity index (χ4n) is 17.0. The molecule has 0 fully saturated rings. The summed E-state index contributed by atoms with van der Waals surface area (Å²) in [7, 11) is 0. The minimum absolute atomic E-state index is 0.00418. The molecule has 782 valence electrons. The molecule has 0 saturated heterocycles. The van der Waals surface area contributed by atoms with E-state index >= 15 is 43.2 Å². The molecule has 0 saturated carbocycles. The Labute approximate surface area is 868 Å². The molecular weight excluding hydrogens is 1860 g/mol. The number of nitrogens with zero attached hydrogens (tertiary/aromatic N) is 10. The summed E-state index contributed by atoms with van der Waals surface area (Å²) in [5, 5.41) is 0. The Morgan fingerprint density at radius 2 is 0.381 bits per heavy atom. The number of amides is 10. The summed E-state index contributed by atoms with van der Waals surface area (Å²) in [6, 6.07) is 91.0. The lowest BCUT2D eigenvalue weighted by Crippen LogP contribution is -2.49. The number of ether oxygens (including phenoxy) is 7. The molecule has 5 atom stereocenters. The lowest BCUT2D eigenvalue weighted by molar-refractivity contribution is -0.156. The van der Waals surface area contributed by atoms with Crippen molar-refractivity contribution in [3.63, 3.8) is 0 Å². The molecule has 0 aliphatic rings. The normalized spacial score (nSPS) is 12.3. The van der Waals surface area contributed by atoms with Gasteiger partial charge in [0.2, 0.25) is 53.2 Å². The highest BCUT2D eigenvalue weighted by atomic mass is 16.6. The molecule has 0 radical (unpaired) electrons. The van der Waals surface area contributed by atoms with Gasteiger partial charge in [0, 0.05) is 91.1 Å². The van der Waals surface area contributed by atoms with Gasteiger partial charge in [-0.15, -0.1) is 0 Å². The molecule has 10 amide bonds. The zero-order valence-electron chi connectivity index (χ0n) is 87.3. The van der Waals surface area contributed by atoms with Gasteiger partial charge in [0.05, 0.1) is 129 Å². The van der Waals surface area contributed by atoms with Gasteiger partial charge in [-0.05, 0) is 132 Å². The fourth-order valence-corrected chi connectivity index (χ4v) is 17.0. The molecule has 0 heterocycles. The van der Waals surface area contributed by atoms with E-state index in [-0.39, 0.29) is 164 Å². The molecular formula is C119H148N10O18. The van der Waals surface area contributed by atoms with Crippen LogP contribution in [-0.2, 0) is 114 Å². The van der Waals surface area contributed by atoms with Crippen molar-refractivity contribution in [2.75, 3.05) is 131 Å². The topological polar surface area (TPSA) is 285 Å². The highest BCUT2D eigenvalue weighted by Crippen LogP contribution is 2.30. The van der Waals surface area contributed by atoms with Gasteiger partial charge in [0.25, 0.3) is 0 Å². The van der Waals surface area contributed by atoms with Gasteiger partial charge < -0.3 is 77.3 Å². The van der Waals surface area contributed by atoms with Gasteiger partial charge in [0.15, 0.2) is 0 Å². The maximum atomic E-state index is 15.9. The lowest BCUT2D eigenvalue weighted by atomic mass is 10.1. The number of benzene rings is 10. The van der Waals surface area contributed by atoms with Crippen molar-refractivity contribution in [1.29, 1.82) is 0 Å². The minimum atomic E-state index is -0.909. The maximum absolute atomic E-state index is 15.9. The second-order valence-electron chi connectivity index (χ2n) is 38.6. The van der Waals surface area contributed by atoms with Crippen LogP contribution in [0.2, 0.25) is 0 Å². The molecule has 10 aromatic rings. The van der Waals surface area contributed by atoms with E-state index in [0.29, 0.717) is 0 Å². The third kappa shape index (κ3) is 40.0. The summed E-state index contributed by atoms with van der Waals surface area (Å²) in [5.41, 5.74) is 6.53. The molecule has 0 bridgehead atoms. The number of hydrogen-bond acceptors (Lipinski definition) is 18. The average molecular weight is 2010 g/mol. The molecule has 0 aliphatic heterocycles. The van der Waals surface area contributed by atoms with Gasteiger partial charge in [-0.25, -0.2) is 4.79 Å². The second kappa shape index (κ2) is 60.8. The first kappa shape index (κ1) is 115. The van der Waals surface area contributed by atoms with Crippen LogP contribution in [-0.4, -0.2) is 257 Å². The molecule has 147 heavy (non-hydrogen) atoms. The van der Waals surface area contributed by atoms with E-state index in [1.54, 1.807) is 66.0 Å². The Morgan fingerprint density at radius 1 is 0.211 bits per heavy atom. The smallest absolute Gasteiger partial charge is 0.410 e. The molecule has 10 aromatic carbocycles. The van der Waals surface area contributed by atoms with Crippen molar-refractivity contribution in [2.24, 2.45) is 0 Å². The Bertz CT molecular complexity index is 5590. The quantitative estimate of drug-likeness (QED) is 0.0253. The van der Waals surface area contributed by atoms with Crippen molar-refractivity contribution in [1.82, 2.24) is 49.0 Å². The number of carbonyl (C=O) groups excluding carboxylic acids is 11. The highest BCUT2D eigenvalue weighted by molar-refractivity contribution is 5.90. The second-order valence-corrected chi connectivity index (χ2v) is 38.6. The summed E-state index contributed by atoms with van der Waals surface area (Å²) >= 11 is 0. The summed E-state index contributed by atoms with van der Waals surface area (Å²) < 4.78 is 42.5. The zero-order valence-corrected chi connectivity index (χ0v) is 87.3. The molecule has 28 heteroatoms. The summed E-state index contributed by atoms with van der Waals surface area (Å²) in [5.74, 6) is -4.96. The van der Waals surface area contributed by atoms with Crippen molar-refractivity contribution >= 4 is 65.2 Å². The zero-order chi connectivity index (χ0) is 105. The highest BCUT2D eigenvalue weighted by Gasteiger charge is 2.36. The first-order chi connectivity index (χ1) is 70.8. The largest absolute Gasteiger partial charge is 0.460 e. The van der Waals surface area contributed by atoms with E-state index in [2.05, 4.69) is 0 Å². The molecule has 10 rings (SSSR count). The Morgan fingerprint density at radius 3 is 0.571 bits per heavy atom. The average Bonchev–Trinajstić information content (AvgIpc) is 0.839. The van der Waals surface area contributed by atoms with E-state index in [9.17, 15) is 9.59 Å². The SMILES string of the molecule is C[C@@H](c1ccccc1)N(CCC(=O)OC(C)(C)C)C(=O)CN(CCOCc1ccccc1)C(=O)CCN(C(=O)CN(CCOCc1ccccc1)C(=O)CCN(C(=O)CN(CCOCc1ccccc1)C(=O)CCN(C(=O)CN(CCOCc1ccccc1)C(=O)CCN(C(=O)CN(CCOCc1ccccc1)C(=O)OC(C)(C)C)[C@@H](C)c1ccccc1)[C@@H](C)c1ccccc1)[C@@H](C)c1ccccc1)[C@@H](C)c1ccccc1. The number of rotatable bonds is 60. The predicted octanol–water partition coefficient (Wildman–Crippen LogP) is 17.9. The monoisotopic (exact) mass is 2010 g/mol. The molecule has 0 spiro atoms. The number of esters is 1. The molecule has 0 aromatic heterocycles. The summed E-state index contributed by atoms with van der Waals surface area (Å²) in [6.07, 6.45) is -2.01. The van der Waals surface area contributed by atoms with Crippen LogP contribution < -0.4 is 0 Å². The summed E-state index contributed by atoms with van der Waals surface area (Å²) in [4.78, 5) is 182. The molecule has 0 unspecified atom stereocenters. The molecule has 28 nitrogen and oxygen atoms in total. The van der Waals surface area contributed by atoms with Crippen LogP contribution in [0.3, 0.4) is 0 Å². The molecule has 0 N–H and O–H groups in total. The standard InChI is InChI=1S/C119H148N10O18/c1-92(102-52-32-17-33-53-102)125(67-62-107(130)121(73-78-142-88-98-44-24-13-25-45-98)83-112(135)127(94(3)104-56-36-19-37-57-104)69-64-109(132)123(75-80-144-90-100-48-28-15-29-49-100)85-114(137)129(71-66-116(139)146-118(6,7)8)96(5)106-60-40-21-41-61-106)111(134)82-120(72-77-141-87-97-42-22-12-23-43-97)108(131)63-68-126(93(2)103-54-34-18-35-55-103)113(136)84-122(74-79-143-89-99-46-26-14-27-47-99)110(133)65-70-128(95(4)105-58-38-20-39-59-105)115(138)86-124(117(140)147-119(9,10)11)76-81-145-91-101-50-30-16-31-51-101/h12-61,92-96H,62-91H2,1-11H3/t92-,93-,94-,95-,96-/m0/s1. The summed E-state index contributed by atoms with van der Waals surface area (Å²) in [6.45, 7) is 17.7. The van der Waals surface area contributed by atoms with Crippen molar-refractivity contribution in [2.45, 2.75) is 183 Å². The number of hydrogen-bond donors (Lipinski definition) is 0. The molecule has 0 aliphatic carbocycles. The van der Waals surface area contributed by atoms with Crippen LogP contribution in [0.15, 0.2) is 303 Å². The predicted molar refractivity (Wildman–Crippen MR) is 566 cm³/mol. The Kier molecular flexibility index (Phi) is 47.5. The first-order valence-electron chi connectivity index (χ1n) is 51.0. The lowest BCUT2D eigenvalue weighted by Gasteiger charge is -2.35. The third-order valence-electron chi connectivity index (χ3n) is 25.4. The fraction of sp³-hybridized carbons (Fsp3) is 0.403. The van der Waals surface area contributed by atoms with Crippen molar-refractivity contribution < 1.29 is 85.9 Å². The van der Waals surface area contributed by atoms with E-state index in [4.69, 9.17) is 33.2 Å². The first-order valence-corrected chi connectivity index (χ1v) is 51.0. The van der Waals surface area contributed by atoms with Crippen molar-refractivity contribution in [3.05, 3.63) is 359 Å². The van der Waals surface area contributed by atoms with Gasteiger partial charge >= 0.3 is 12.1 Å². The Balaban J connectivity index is 0.913. The van der Waals surface area contributed by atoms with E-state index < -0.39 is 139 Å². The van der Waals surface area contributed by atoms with Gasteiger partial charge in [0.1, 0.15) is 17.7 Å². The van der Waals surface area contributed by atoms with Crippen LogP contribution >= 0.6 is 0 Å². The van der Waals surface area contributed by atoms with Gasteiger partial charge in [-0.2, -0.15) is 0 Å². The number of carbonyl (C=O) groups is 11.